The summed E-state index contributed by atoms with van der Waals surface area (Å²) in [5.41, 5.74) is 3.21. The van der Waals surface area contributed by atoms with Gasteiger partial charge in [-0.2, -0.15) is 0 Å². The van der Waals surface area contributed by atoms with Gasteiger partial charge in [0.25, 0.3) is 5.91 Å². The van der Waals surface area contributed by atoms with E-state index in [1.54, 1.807) is 12.1 Å². The molecule has 6 heteroatoms. The Hall–Kier alpha value is -2.86. The van der Waals surface area contributed by atoms with Gasteiger partial charge in [0.05, 0.1) is 0 Å². The van der Waals surface area contributed by atoms with Crippen molar-refractivity contribution in [1.29, 1.82) is 0 Å². The minimum absolute atomic E-state index is 0.0230. The molecule has 1 atom stereocenters. The summed E-state index contributed by atoms with van der Waals surface area (Å²) in [5, 5.41) is 5.84. The molecule has 31 heavy (non-hydrogen) atoms. The quantitative estimate of drug-likeness (QED) is 0.652. The van der Waals surface area contributed by atoms with Gasteiger partial charge in [-0.3, -0.25) is 14.5 Å². The highest BCUT2D eigenvalue weighted by Crippen LogP contribution is 2.17. The maximum Gasteiger partial charge on any atom is 0.251 e. The topological polar surface area (TPSA) is 64.7 Å². The van der Waals surface area contributed by atoms with Crippen LogP contribution < -0.4 is 15.5 Å². The standard InChI is InChI=1S/C25H34N4O2/c1-20-7-6-10-23(19-20)29-17-15-28(16-18-29)14-12-21(2)27-24(30)11-13-26-25(31)22-8-4-3-5-9-22/h3-10,19,21H,11-18H2,1-2H3,(H,26,31)(H,27,30). The number of rotatable bonds is 9. The molecule has 1 fully saturated rings. The maximum absolute atomic E-state index is 12.2. The molecule has 2 N–H and O–H groups in total. The molecule has 0 aromatic heterocycles. The normalized spacial score (nSPS) is 15.4. The first-order valence-corrected chi connectivity index (χ1v) is 11.2. The van der Waals surface area contributed by atoms with Crippen LogP contribution in [0.5, 0.6) is 0 Å². The fraction of sp³-hybridized carbons (Fsp3) is 0.440. The Balaban J connectivity index is 1.29. The van der Waals surface area contributed by atoms with Gasteiger partial charge < -0.3 is 15.5 Å². The van der Waals surface area contributed by atoms with Gasteiger partial charge in [0.15, 0.2) is 0 Å². The Morgan fingerprint density at radius 1 is 1.00 bits per heavy atom. The van der Waals surface area contributed by atoms with Crippen LogP contribution >= 0.6 is 0 Å². The minimum Gasteiger partial charge on any atom is -0.369 e. The van der Waals surface area contributed by atoms with Crippen LogP contribution in [0.4, 0.5) is 5.69 Å². The summed E-state index contributed by atoms with van der Waals surface area (Å²) < 4.78 is 0. The lowest BCUT2D eigenvalue weighted by molar-refractivity contribution is -0.121. The van der Waals surface area contributed by atoms with Crippen molar-refractivity contribution in [1.82, 2.24) is 15.5 Å². The first-order valence-electron chi connectivity index (χ1n) is 11.2. The van der Waals surface area contributed by atoms with Gasteiger partial charge in [0.2, 0.25) is 5.91 Å². The number of aryl methyl sites for hydroxylation is 1. The van der Waals surface area contributed by atoms with Crippen molar-refractivity contribution in [2.45, 2.75) is 32.7 Å². The van der Waals surface area contributed by atoms with Crippen LogP contribution in [0.15, 0.2) is 54.6 Å². The fourth-order valence-electron chi connectivity index (χ4n) is 3.83. The maximum atomic E-state index is 12.2. The van der Waals surface area contributed by atoms with Crippen LogP contribution in [-0.4, -0.2) is 62.0 Å². The number of carbonyl (C=O) groups excluding carboxylic acids is 2. The third-order valence-corrected chi connectivity index (χ3v) is 5.70. The van der Waals surface area contributed by atoms with E-state index < -0.39 is 0 Å². The van der Waals surface area contributed by atoms with Crippen LogP contribution in [0.25, 0.3) is 0 Å². The molecule has 1 unspecified atom stereocenters. The average molecular weight is 423 g/mol. The number of anilines is 1. The van der Waals surface area contributed by atoms with Crippen molar-refractivity contribution in [3.63, 3.8) is 0 Å². The van der Waals surface area contributed by atoms with Crippen molar-refractivity contribution < 1.29 is 9.59 Å². The lowest BCUT2D eigenvalue weighted by Gasteiger charge is -2.36. The number of benzene rings is 2. The van der Waals surface area contributed by atoms with Gasteiger partial charge in [-0.15, -0.1) is 0 Å². The van der Waals surface area contributed by atoms with E-state index in [1.807, 2.05) is 25.1 Å². The van der Waals surface area contributed by atoms with Crippen molar-refractivity contribution in [2.24, 2.45) is 0 Å². The molecule has 0 bridgehead atoms. The van der Waals surface area contributed by atoms with Gasteiger partial charge in [-0.1, -0.05) is 30.3 Å². The zero-order valence-electron chi connectivity index (χ0n) is 18.6. The molecule has 0 saturated carbocycles. The van der Waals surface area contributed by atoms with E-state index >= 15 is 0 Å². The largest absolute Gasteiger partial charge is 0.369 e. The number of nitrogens with one attached hydrogen (secondary N) is 2. The van der Waals surface area contributed by atoms with E-state index in [1.165, 1.54) is 11.3 Å². The van der Waals surface area contributed by atoms with E-state index in [0.29, 0.717) is 12.1 Å². The van der Waals surface area contributed by atoms with Gasteiger partial charge >= 0.3 is 0 Å². The molecular weight excluding hydrogens is 388 g/mol. The number of amides is 2. The Morgan fingerprint density at radius 2 is 1.74 bits per heavy atom. The van der Waals surface area contributed by atoms with Crippen molar-refractivity contribution >= 4 is 17.5 Å². The fourth-order valence-corrected chi connectivity index (χ4v) is 3.83. The second kappa shape index (κ2) is 11.5. The molecular formula is C25H34N4O2. The highest BCUT2D eigenvalue weighted by atomic mass is 16.2. The van der Waals surface area contributed by atoms with Crippen LogP contribution in [0, 0.1) is 6.92 Å². The first-order chi connectivity index (χ1) is 15.0. The monoisotopic (exact) mass is 422 g/mol. The van der Waals surface area contributed by atoms with Gasteiger partial charge in [0.1, 0.15) is 0 Å². The molecule has 2 amide bonds. The molecule has 1 aliphatic heterocycles. The molecule has 166 valence electrons. The number of carbonyl (C=O) groups is 2. The summed E-state index contributed by atoms with van der Waals surface area (Å²) in [4.78, 5) is 29.1. The Bertz CT molecular complexity index is 848. The second-order valence-electron chi connectivity index (χ2n) is 8.30. The van der Waals surface area contributed by atoms with E-state index in [9.17, 15) is 9.59 Å². The molecule has 3 rings (SSSR count). The molecule has 1 aliphatic rings. The molecule has 1 heterocycles. The van der Waals surface area contributed by atoms with E-state index in [-0.39, 0.29) is 24.3 Å². The predicted octanol–water partition coefficient (Wildman–Crippen LogP) is 2.83. The molecule has 2 aromatic carbocycles. The highest BCUT2D eigenvalue weighted by molar-refractivity contribution is 5.94. The summed E-state index contributed by atoms with van der Waals surface area (Å²) in [7, 11) is 0. The SMILES string of the molecule is Cc1cccc(N2CCN(CCC(C)NC(=O)CCNC(=O)c3ccccc3)CC2)c1. The summed E-state index contributed by atoms with van der Waals surface area (Å²) in [6.45, 7) is 9.65. The summed E-state index contributed by atoms with van der Waals surface area (Å²) in [5.74, 6) is -0.170. The van der Waals surface area contributed by atoms with Crippen molar-refractivity contribution in [2.75, 3.05) is 44.2 Å². The van der Waals surface area contributed by atoms with E-state index in [2.05, 4.69) is 51.6 Å². The van der Waals surface area contributed by atoms with Crippen molar-refractivity contribution in [3.8, 4) is 0 Å². The molecule has 0 radical (unpaired) electrons. The van der Waals surface area contributed by atoms with Crippen LogP contribution in [0.3, 0.4) is 0 Å². The third-order valence-electron chi connectivity index (χ3n) is 5.70. The zero-order chi connectivity index (χ0) is 22.1. The molecule has 0 aliphatic carbocycles. The predicted molar refractivity (Wildman–Crippen MR) is 125 cm³/mol. The van der Waals surface area contributed by atoms with Crippen LogP contribution in [0.1, 0.15) is 35.7 Å². The Kier molecular flexibility index (Phi) is 8.47. The van der Waals surface area contributed by atoms with Crippen molar-refractivity contribution in [3.05, 3.63) is 65.7 Å². The molecule has 6 nitrogen and oxygen atoms in total. The Labute approximate surface area is 185 Å². The smallest absolute Gasteiger partial charge is 0.251 e. The van der Waals surface area contributed by atoms with Crippen LogP contribution in [0.2, 0.25) is 0 Å². The summed E-state index contributed by atoms with van der Waals surface area (Å²) in [6.07, 6.45) is 1.21. The number of hydrogen-bond donors (Lipinski definition) is 2. The lowest BCUT2D eigenvalue weighted by atomic mass is 10.1. The third kappa shape index (κ3) is 7.40. The number of nitrogens with zero attached hydrogens (tertiary/aromatic N) is 2. The molecule has 0 spiro atoms. The zero-order valence-corrected chi connectivity index (χ0v) is 18.6. The second-order valence-corrected chi connectivity index (χ2v) is 8.30. The van der Waals surface area contributed by atoms with E-state index in [4.69, 9.17) is 0 Å². The minimum atomic E-state index is -0.147. The highest BCUT2D eigenvalue weighted by Gasteiger charge is 2.18. The Morgan fingerprint density at radius 3 is 2.45 bits per heavy atom. The summed E-state index contributed by atoms with van der Waals surface area (Å²) in [6, 6.07) is 17.8. The molecule has 1 saturated heterocycles. The number of piperazine rings is 1. The summed E-state index contributed by atoms with van der Waals surface area (Å²) >= 11 is 0. The molecule has 2 aromatic rings. The van der Waals surface area contributed by atoms with Crippen LogP contribution in [-0.2, 0) is 4.79 Å². The number of hydrogen-bond acceptors (Lipinski definition) is 4. The first kappa shape index (κ1) is 22.8. The average Bonchev–Trinajstić information content (AvgIpc) is 2.78. The van der Waals surface area contributed by atoms with Gasteiger partial charge in [-0.25, -0.2) is 0 Å². The van der Waals surface area contributed by atoms with Gasteiger partial charge in [0, 0.05) is 63.0 Å². The van der Waals surface area contributed by atoms with Gasteiger partial charge in [-0.05, 0) is 50.1 Å². The van der Waals surface area contributed by atoms with E-state index in [0.717, 1.165) is 39.1 Å². The lowest BCUT2D eigenvalue weighted by Crippen LogP contribution is -2.47.